The molecule has 1 fully saturated rings. The van der Waals surface area contributed by atoms with Crippen molar-refractivity contribution in [3.8, 4) is 0 Å². The van der Waals surface area contributed by atoms with E-state index in [-0.39, 0.29) is 12.6 Å². The van der Waals surface area contributed by atoms with Crippen LogP contribution in [0.15, 0.2) is 0 Å². The number of rotatable bonds is 1. The number of hydrogen-bond donors (Lipinski definition) is 1. The van der Waals surface area contributed by atoms with Gasteiger partial charge in [-0.3, -0.25) is 4.90 Å². The Morgan fingerprint density at radius 2 is 2.40 bits per heavy atom. The smallest absolute Gasteiger partial charge is 0.412 e. The third kappa shape index (κ3) is 1.07. The van der Waals surface area contributed by atoms with Crippen LogP contribution in [-0.2, 0) is 4.74 Å². The third-order valence-electron chi connectivity index (χ3n) is 1.44. The highest BCUT2D eigenvalue weighted by Gasteiger charge is 2.32. The van der Waals surface area contributed by atoms with Crippen LogP contribution in [0, 0.1) is 0 Å². The van der Waals surface area contributed by atoms with Crippen molar-refractivity contribution in [3.63, 3.8) is 0 Å². The second kappa shape index (κ2) is 2.46. The van der Waals surface area contributed by atoms with Crippen LogP contribution in [0.2, 0.25) is 0 Å². The summed E-state index contributed by atoms with van der Waals surface area (Å²) in [5.41, 5.74) is 0. The lowest BCUT2D eigenvalue weighted by Crippen LogP contribution is -2.38. The zero-order valence-electron chi connectivity index (χ0n) is 6.07. The molecule has 1 aliphatic rings. The molecule has 0 aliphatic carbocycles. The molecule has 1 unspecified atom stereocenters. The number of ether oxygens (including phenoxy) is 1. The first-order valence-electron chi connectivity index (χ1n) is 3.26. The van der Waals surface area contributed by atoms with E-state index < -0.39 is 12.3 Å². The first kappa shape index (κ1) is 7.34. The molecule has 0 saturated carbocycles. The molecule has 1 rings (SSSR count). The summed E-state index contributed by atoms with van der Waals surface area (Å²) < 4.78 is 4.58. The molecule has 0 spiro atoms. The molecule has 1 aliphatic heterocycles. The van der Waals surface area contributed by atoms with Crippen LogP contribution in [0.4, 0.5) is 4.79 Å². The molecule has 1 saturated heterocycles. The van der Waals surface area contributed by atoms with Gasteiger partial charge in [-0.2, -0.15) is 0 Å². The monoisotopic (exact) mass is 145 g/mol. The topological polar surface area (TPSA) is 49.8 Å². The van der Waals surface area contributed by atoms with Crippen molar-refractivity contribution >= 4 is 6.09 Å². The number of carbonyl (C=O) groups excluding carboxylic acids is 1. The van der Waals surface area contributed by atoms with Crippen molar-refractivity contribution in [2.24, 2.45) is 0 Å². The van der Waals surface area contributed by atoms with E-state index in [1.165, 1.54) is 4.90 Å². The van der Waals surface area contributed by atoms with E-state index >= 15 is 0 Å². The van der Waals surface area contributed by atoms with Crippen LogP contribution >= 0.6 is 0 Å². The molecule has 58 valence electrons. The molecule has 1 atom stereocenters. The lowest BCUT2D eigenvalue weighted by molar-refractivity contribution is 0.0434. The highest BCUT2D eigenvalue weighted by Crippen LogP contribution is 2.12. The minimum Gasteiger partial charge on any atom is -0.445 e. The van der Waals surface area contributed by atoms with Crippen LogP contribution in [0.3, 0.4) is 0 Å². The van der Waals surface area contributed by atoms with Gasteiger partial charge in [0.15, 0.2) is 6.23 Å². The van der Waals surface area contributed by atoms with Crippen molar-refractivity contribution in [3.05, 3.63) is 0 Å². The summed E-state index contributed by atoms with van der Waals surface area (Å²) in [5, 5.41) is 9.11. The Hall–Kier alpha value is -0.770. The molecule has 10 heavy (non-hydrogen) atoms. The molecule has 0 aromatic carbocycles. The minimum atomic E-state index is -0.757. The second-order valence-electron chi connectivity index (χ2n) is 2.56. The Kier molecular flexibility index (Phi) is 1.80. The number of amides is 1. The lowest BCUT2D eigenvalue weighted by atomic mass is 10.3. The number of aliphatic hydroxyl groups is 1. The average molecular weight is 145 g/mol. The fourth-order valence-corrected chi connectivity index (χ4v) is 0.977. The van der Waals surface area contributed by atoms with E-state index in [9.17, 15) is 4.79 Å². The molecule has 0 bridgehead atoms. The molecule has 1 heterocycles. The van der Waals surface area contributed by atoms with Crippen LogP contribution in [-0.4, -0.2) is 35.0 Å². The maximum Gasteiger partial charge on any atom is 0.412 e. The molecule has 0 aromatic heterocycles. The largest absolute Gasteiger partial charge is 0.445 e. The number of carbonyl (C=O) groups is 1. The summed E-state index contributed by atoms with van der Waals surface area (Å²) in [6, 6.07) is 0.00463. The maximum atomic E-state index is 10.8. The molecular weight excluding hydrogens is 134 g/mol. The fourth-order valence-electron chi connectivity index (χ4n) is 0.977. The second-order valence-corrected chi connectivity index (χ2v) is 2.56. The van der Waals surface area contributed by atoms with Gasteiger partial charge in [0.2, 0.25) is 0 Å². The Morgan fingerprint density at radius 1 is 1.80 bits per heavy atom. The van der Waals surface area contributed by atoms with E-state index in [4.69, 9.17) is 5.11 Å². The van der Waals surface area contributed by atoms with Gasteiger partial charge in [-0.1, -0.05) is 0 Å². The van der Waals surface area contributed by atoms with Gasteiger partial charge in [0.25, 0.3) is 0 Å². The van der Waals surface area contributed by atoms with Crippen LogP contribution in [0.25, 0.3) is 0 Å². The number of cyclic esters (lactones) is 1. The average Bonchev–Trinajstić information content (AvgIpc) is 2.11. The third-order valence-corrected chi connectivity index (χ3v) is 1.44. The van der Waals surface area contributed by atoms with Crippen molar-refractivity contribution in [1.29, 1.82) is 0 Å². The van der Waals surface area contributed by atoms with E-state index in [0.717, 1.165) is 0 Å². The first-order valence-corrected chi connectivity index (χ1v) is 3.26. The molecule has 4 heteroatoms. The molecule has 0 aromatic rings. The van der Waals surface area contributed by atoms with Gasteiger partial charge in [0.1, 0.15) is 6.61 Å². The van der Waals surface area contributed by atoms with Crippen molar-refractivity contribution in [2.45, 2.75) is 26.1 Å². The van der Waals surface area contributed by atoms with E-state index in [2.05, 4.69) is 4.74 Å². The van der Waals surface area contributed by atoms with Crippen molar-refractivity contribution in [1.82, 2.24) is 4.90 Å². The van der Waals surface area contributed by atoms with Crippen LogP contribution < -0.4 is 0 Å². The van der Waals surface area contributed by atoms with Crippen molar-refractivity contribution in [2.75, 3.05) is 6.61 Å². The number of aliphatic hydroxyl groups excluding tert-OH is 1. The van der Waals surface area contributed by atoms with Gasteiger partial charge in [0, 0.05) is 6.04 Å². The Balaban J connectivity index is 2.63. The Bertz CT molecular complexity index is 146. The molecule has 0 radical (unpaired) electrons. The van der Waals surface area contributed by atoms with Crippen LogP contribution in [0.5, 0.6) is 0 Å². The maximum absolute atomic E-state index is 10.8. The van der Waals surface area contributed by atoms with Gasteiger partial charge in [-0.15, -0.1) is 0 Å². The lowest BCUT2D eigenvalue weighted by Gasteiger charge is -2.20. The number of nitrogens with zero attached hydrogens (tertiary/aromatic N) is 1. The Morgan fingerprint density at radius 3 is 2.60 bits per heavy atom. The summed E-state index contributed by atoms with van der Waals surface area (Å²) in [6.45, 7) is 3.75. The van der Waals surface area contributed by atoms with Crippen LogP contribution in [0.1, 0.15) is 13.8 Å². The number of hydrogen-bond acceptors (Lipinski definition) is 3. The zero-order valence-corrected chi connectivity index (χ0v) is 6.07. The normalized spacial score (nSPS) is 25.8. The van der Waals surface area contributed by atoms with E-state index in [0.29, 0.717) is 0 Å². The summed E-state index contributed by atoms with van der Waals surface area (Å²) in [6.07, 6.45) is -1.19. The summed E-state index contributed by atoms with van der Waals surface area (Å²) in [7, 11) is 0. The van der Waals surface area contributed by atoms with Gasteiger partial charge in [-0.05, 0) is 13.8 Å². The predicted molar refractivity (Wildman–Crippen MR) is 34.3 cm³/mol. The summed E-state index contributed by atoms with van der Waals surface area (Å²) in [4.78, 5) is 12.1. The SMILES string of the molecule is CC(C)N1C(=O)OCC1O. The quantitative estimate of drug-likeness (QED) is 0.572. The van der Waals surface area contributed by atoms with Gasteiger partial charge in [0.05, 0.1) is 0 Å². The van der Waals surface area contributed by atoms with E-state index in [1.54, 1.807) is 0 Å². The van der Waals surface area contributed by atoms with Gasteiger partial charge in [-0.25, -0.2) is 4.79 Å². The standard InChI is InChI=1S/C6H11NO3/c1-4(2)7-5(8)3-10-6(7)9/h4-5,8H,3H2,1-2H3. The molecule has 4 nitrogen and oxygen atoms in total. The molecule has 1 amide bonds. The van der Waals surface area contributed by atoms with E-state index in [1.807, 2.05) is 13.8 Å². The zero-order chi connectivity index (χ0) is 7.72. The molecular formula is C6H11NO3. The highest BCUT2D eigenvalue weighted by atomic mass is 16.6. The summed E-state index contributed by atoms with van der Waals surface area (Å²) >= 11 is 0. The minimum absolute atomic E-state index is 0.00463. The van der Waals surface area contributed by atoms with Gasteiger partial charge < -0.3 is 9.84 Å². The summed E-state index contributed by atoms with van der Waals surface area (Å²) in [5.74, 6) is 0. The fraction of sp³-hybridized carbons (Fsp3) is 0.833. The first-order chi connectivity index (χ1) is 4.63. The van der Waals surface area contributed by atoms with Crippen molar-refractivity contribution < 1.29 is 14.6 Å². The molecule has 1 N–H and O–H groups in total. The Labute approximate surface area is 59.4 Å². The predicted octanol–water partition coefficient (Wildman–Crippen LogP) is 0.165. The van der Waals surface area contributed by atoms with Gasteiger partial charge >= 0.3 is 6.09 Å². The highest BCUT2D eigenvalue weighted by molar-refractivity contribution is 5.70.